The number of thiol groups is 1. The maximum Gasteiger partial charge on any atom is 0.318 e. The van der Waals surface area contributed by atoms with Crippen LogP contribution in [0.5, 0.6) is 0 Å². The van der Waals surface area contributed by atoms with Crippen molar-refractivity contribution in [2.75, 3.05) is 6.61 Å². The maximum absolute atomic E-state index is 10.4. The van der Waals surface area contributed by atoms with Gasteiger partial charge in [-0.05, 0) is 13.8 Å². The summed E-state index contributed by atoms with van der Waals surface area (Å²) in [5.41, 5.74) is 0. The molecule has 0 aliphatic rings. The summed E-state index contributed by atoms with van der Waals surface area (Å²) in [5, 5.41) is -0.296. The Kier molecular flexibility index (Phi) is 12.9. The minimum Gasteiger partial charge on any atom is -0.465 e. The predicted molar refractivity (Wildman–Crippen MR) is 55.7 cm³/mol. The van der Waals surface area contributed by atoms with Crippen molar-refractivity contribution < 1.29 is 9.53 Å². The number of hydrogen-bond acceptors (Lipinski definition) is 3. The van der Waals surface area contributed by atoms with Gasteiger partial charge in [0.15, 0.2) is 0 Å². The van der Waals surface area contributed by atoms with Gasteiger partial charge in [0.25, 0.3) is 0 Å². The second-order valence-corrected chi connectivity index (χ2v) is 3.20. The van der Waals surface area contributed by atoms with Gasteiger partial charge in [0.1, 0.15) is 0 Å². The number of ether oxygens (including phenoxy) is 1. The molecule has 1 atom stereocenters. The second kappa shape index (κ2) is 10.8. The van der Waals surface area contributed by atoms with Crippen LogP contribution in [0.4, 0.5) is 0 Å². The Morgan fingerprint density at radius 3 is 1.83 bits per heavy atom. The Hall–Kier alpha value is -0.180. The lowest BCUT2D eigenvalue weighted by Gasteiger charge is -2.01. The van der Waals surface area contributed by atoms with E-state index in [1.807, 2.05) is 0 Å². The summed E-state index contributed by atoms with van der Waals surface area (Å²) in [4.78, 5) is 10.4. The highest BCUT2D eigenvalue weighted by atomic mass is 32.1. The second-order valence-electron chi connectivity index (χ2n) is 2.43. The summed E-state index contributed by atoms with van der Waals surface area (Å²) in [6.45, 7) is 8.25. The fraction of sp³-hybridized carbons (Fsp3) is 0.889. The van der Waals surface area contributed by atoms with Crippen molar-refractivity contribution in [3.05, 3.63) is 0 Å². The molecule has 0 aliphatic heterocycles. The number of esters is 1. The van der Waals surface area contributed by atoms with Crippen molar-refractivity contribution in [3.63, 3.8) is 0 Å². The Balaban J connectivity index is 0. The molecule has 0 saturated heterocycles. The van der Waals surface area contributed by atoms with E-state index in [4.69, 9.17) is 0 Å². The fourth-order valence-electron chi connectivity index (χ4n) is 0.263. The molecule has 0 aromatic heterocycles. The first-order chi connectivity index (χ1) is 5.59. The van der Waals surface area contributed by atoms with Crippen LogP contribution in [-0.4, -0.2) is 17.8 Å². The Labute approximate surface area is 81.1 Å². The lowest BCUT2D eigenvalue weighted by molar-refractivity contribution is -0.142. The van der Waals surface area contributed by atoms with Crippen molar-refractivity contribution in [2.45, 2.75) is 45.8 Å². The number of rotatable bonds is 3. The van der Waals surface area contributed by atoms with Crippen molar-refractivity contribution >= 4 is 18.6 Å². The average molecular weight is 192 g/mol. The zero-order valence-corrected chi connectivity index (χ0v) is 9.36. The number of carbonyl (C=O) groups is 1. The topological polar surface area (TPSA) is 26.3 Å². The van der Waals surface area contributed by atoms with Crippen LogP contribution in [0.25, 0.3) is 0 Å². The Bertz CT molecular complexity index is 101. The van der Waals surface area contributed by atoms with Crippen LogP contribution in [0.3, 0.4) is 0 Å². The first-order valence-corrected chi connectivity index (χ1v) is 4.96. The van der Waals surface area contributed by atoms with Crippen molar-refractivity contribution in [2.24, 2.45) is 0 Å². The summed E-state index contributed by atoms with van der Waals surface area (Å²) in [6, 6.07) is 0. The van der Waals surface area contributed by atoms with Crippen LogP contribution in [0, 0.1) is 0 Å². The highest BCUT2D eigenvalue weighted by Gasteiger charge is 2.06. The SMILES string of the molecule is CCCC.CCOC(=O)C(C)S. The minimum absolute atomic E-state index is 0.254. The van der Waals surface area contributed by atoms with Crippen molar-refractivity contribution in [3.8, 4) is 0 Å². The standard InChI is InChI=1S/C5H10O2S.C4H10/c1-3-7-5(6)4(2)8;1-3-4-2/h4,8H,3H2,1-2H3;3-4H2,1-2H3. The summed E-state index contributed by atoms with van der Waals surface area (Å²) in [7, 11) is 0. The molecular formula is C9H20O2S. The molecule has 0 amide bonds. The molecule has 0 heterocycles. The minimum atomic E-state index is -0.296. The molecule has 12 heavy (non-hydrogen) atoms. The first kappa shape index (κ1) is 14.3. The molecule has 0 aromatic carbocycles. The highest BCUT2D eigenvalue weighted by Crippen LogP contribution is 1.94. The van der Waals surface area contributed by atoms with E-state index >= 15 is 0 Å². The molecule has 0 bridgehead atoms. The normalized spacial score (nSPS) is 11.1. The van der Waals surface area contributed by atoms with Gasteiger partial charge in [-0.15, -0.1) is 0 Å². The lowest BCUT2D eigenvalue weighted by Crippen LogP contribution is -2.13. The Morgan fingerprint density at radius 2 is 1.75 bits per heavy atom. The van der Waals surface area contributed by atoms with Gasteiger partial charge in [-0.3, -0.25) is 4.79 Å². The summed E-state index contributed by atoms with van der Waals surface area (Å²) in [5.74, 6) is -0.254. The van der Waals surface area contributed by atoms with Crippen LogP contribution in [0.2, 0.25) is 0 Å². The molecule has 0 radical (unpaired) electrons. The average Bonchev–Trinajstić information content (AvgIpc) is 2.05. The number of hydrogen-bond donors (Lipinski definition) is 1. The quantitative estimate of drug-likeness (QED) is 0.549. The lowest BCUT2D eigenvalue weighted by atomic mass is 10.4. The zero-order valence-electron chi connectivity index (χ0n) is 8.46. The molecule has 74 valence electrons. The van der Waals surface area contributed by atoms with E-state index in [0.717, 1.165) is 0 Å². The highest BCUT2D eigenvalue weighted by molar-refractivity contribution is 7.81. The van der Waals surface area contributed by atoms with Gasteiger partial charge in [-0.2, -0.15) is 12.6 Å². The van der Waals surface area contributed by atoms with Crippen LogP contribution in [0.15, 0.2) is 0 Å². The van der Waals surface area contributed by atoms with Gasteiger partial charge in [0, 0.05) is 0 Å². The van der Waals surface area contributed by atoms with Gasteiger partial charge in [0.2, 0.25) is 0 Å². The van der Waals surface area contributed by atoms with Gasteiger partial charge in [0.05, 0.1) is 11.9 Å². The monoisotopic (exact) mass is 192 g/mol. The third-order valence-corrected chi connectivity index (χ3v) is 1.34. The molecule has 0 rings (SSSR count). The molecule has 0 N–H and O–H groups in total. The van der Waals surface area contributed by atoms with Gasteiger partial charge < -0.3 is 4.74 Å². The molecule has 0 aromatic rings. The van der Waals surface area contributed by atoms with E-state index in [-0.39, 0.29) is 11.2 Å². The van der Waals surface area contributed by atoms with E-state index in [9.17, 15) is 4.79 Å². The molecule has 1 unspecified atom stereocenters. The molecule has 0 saturated carbocycles. The third kappa shape index (κ3) is 12.5. The Morgan fingerprint density at radius 1 is 1.33 bits per heavy atom. The zero-order chi connectivity index (χ0) is 9.98. The molecule has 0 aliphatic carbocycles. The fourth-order valence-corrected chi connectivity index (χ4v) is 0.337. The smallest absolute Gasteiger partial charge is 0.318 e. The van der Waals surface area contributed by atoms with Crippen LogP contribution >= 0.6 is 12.6 Å². The van der Waals surface area contributed by atoms with Crippen molar-refractivity contribution in [1.29, 1.82) is 0 Å². The van der Waals surface area contributed by atoms with E-state index in [2.05, 4.69) is 31.2 Å². The number of unbranched alkanes of at least 4 members (excludes halogenated alkanes) is 1. The van der Waals surface area contributed by atoms with Gasteiger partial charge in [-0.25, -0.2) is 0 Å². The van der Waals surface area contributed by atoms with Gasteiger partial charge in [-0.1, -0.05) is 26.7 Å². The first-order valence-electron chi connectivity index (χ1n) is 4.44. The van der Waals surface area contributed by atoms with Gasteiger partial charge >= 0.3 is 5.97 Å². The van der Waals surface area contributed by atoms with Crippen molar-refractivity contribution in [1.82, 2.24) is 0 Å². The predicted octanol–water partition coefficient (Wildman–Crippen LogP) is 2.67. The van der Waals surface area contributed by atoms with Crippen LogP contribution < -0.4 is 0 Å². The van der Waals surface area contributed by atoms with E-state index in [1.54, 1.807) is 13.8 Å². The molecule has 0 fully saturated rings. The summed E-state index contributed by atoms with van der Waals surface area (Å²) >= 11 is 3.85. The molecule has 2 nitrogen and oxygen atoms in total. The summed E-state index contributed by atoms with van der Waals surface area (Å²) in [6.07, 6.45) is 2.64. The third-order valence-electron chi connectivity index (χ3n) is 1.13. The van der Waals surface area contributed by atoms with E-state index < -0.39 is 0 Å². The van der Waals surface area contributed by atoms with Crippen LogP contribution in [0.1, 0.15) is 40.5 Å². The number of carbonyl (C=O) groups excluding carboxylic acids is 1. The molecule has 0 spiro atoms. The maximum atomic E-state index is 10.4. The van der Waals surface area contributed by atoms with Crippen LogP contribution in [-0.2, 0) is 9.53 Å². The van der Waals surface area contributed by atoms with E-state index in [0.29, 0.717) is 6.61 Å². The largest absolute Gasteiger partial charge is 0.465 e. The van der Waals surface area contributed by atoms with E-state index in [1.165, 1.54) is 12.8 Å². The molecule has 3 heteroatoms. The summed E-state index contributed by atoms with van der Waals surface area (Å²) < 4.78 is 4.59. The molecular weight excluding hydrogens is 172 g/mol.